The standard InChI is InChI=1S/C19H17F3N2O3/c20-19(21,22)13-7-5-11(6-8-13)14-9-23-17(26)16(14)18(27)24-15-4-2-1-3-12(15)10-25/h1-8,14,16,25H,9-10H2,(H,23,26)(H,24,27)/t14-,16?/m1/s1. The third-order valence-corrected chi connectivity index (χ3v) is 4.58. The highest BCUT2D eigenvalue weighted by Crippen LogP contribution is 2.34. The number of anilines is 1. The van der Waals surface area contributed by atoms with Gasteiger partial charge in [-0.05, 0) is 23.8 Å². The summed E-state index contributed by atoms with van der Waals surface area (Å²) in [5, 5.41) is 14.6. The van der Waals surface area contributed by atoms with E-state index in [1.54, 1.807) is 24.3 Å². The minimum Gasteiger partial charge on any atom is -0.392 e. The van der Waals surface area contributed by atoms with Gasteiger partial charge in [-0.2, -0.15) is 13.2 Å². The number of halogens is 3. The van der Waals surface area contributed by atoms with E-state index in [1.165, 1.54) is 12.1 Å². The summed E-state index contributed by atoms with van der Waals surface area (Å²) in [6.07, 6.45) is -4.45. The summed E-state index contributed by atoms with van der Waals surface area (Å²) in [7, 11) is 0. The van der Waals surface area contributed by atoms with Gasteiger partial charge in [0.25, 0.3) is 0 Å². The van der Waals surface area contributed by atoms with Crippen molar-refractivity contribution in [1.82, 2.24) is 5.32 Å². The molecule has 3 N–H and O–H groups in total. The van der Waals surface area contributed by atoms with Crippen LogP contribution in [0.3, 0.4) is 0 Å². The molecule has 8 heteroatoms. The Labute approximate surface area is 153 Å². The van der Waals surface area contributed by atoms with Crippen molar-refractivity contribution in [3.8, 4) is 0 Å². The number of amides is 2. The van der Waals surface area contributed by atoms with E-state index in [9.17, 15) is 27.9 Å². The fourth-order valence-electron chi connectivity index (χ4n) is 3.14. The van der Waals surface area contributed by atoms with E-state index in [2.05, 4.69) is 10.6 Å². The second-order valence-corrected chi connectivity index (χ2v) is 6.25. The molecule has 1 aliphatic rings. The van der Waals surface area contributed by atoms with Gasteiger partial charge < -0.3 is 15.7 Å². The molecule has 1 saturated heterocycles. The van der Waals surface area contributed by atoms with Crippen LogP contribution in [0.25, 0.3) is 0 Å². The van der Waals surface area contributed by atoms with E-state index < -0.39 is 35.4 Å². The van der Waals surface area contributed by atoms with Gasteiger partial charge in [0.05, 0.1) is 12.2 Å². The highest BCUT2D eigenvalue weighted by atomic mass is 19.4. The largest absolute Gasteiger partial charge is 0.416 e. The van der Waals surface area contributed by atoms with Crippen molar-refractivity contribution < 1.29 is 27.9 Å². The SMILES string of the molecule is O=C1NC[C@H](c2ccc(C(F)(F)F)cc2)C1C(=O)Nc1ccccc1CO. The van der Waals surface area contributed by atoms with Crippen molar-refractivity contribution in [1.29, 1.82) is 0 Å². The fourth-order valence-corrected chi connectivity index (χ4v) is 3.14. The maximum atomic E-state index is 12.7. The Balaban J connectivity index is 1.83. The zero-order chi connectivity index (χ0) is 19.6. The number of carbonyl (C=O) groups excluding carboxylic acids is 2. The zero-order valence-electron chi connectivity index (χ0n) is 14.1. The predicted molar refractivity (Wildman–Crippen MR) is 91.7 cm³/mol. The number of hydrogen-bond donors (Lipinski definition) is 3. The number of rotatable bonds is 4. The molecule has 0 spiro atoms. The number of aliphatic hydroxyl groups is 1. The number of nitrogens with one attached hydrogen (secondary N) is 2. The first-order chi connectivity index (χ1) is 12.8. The lowest BCUT2D eigenvalue weighted by Gasteiger charge is -2.18. The van der Waals surface area contributed by atoms with Crippen molar-refractivity contribution in [3.63, 3.8) is 0 Å². The van der Waals surface area contributed by atoms with Crippen LogP contribution in [-0.4, -0.2) is 23.5 Å². The van der Waals surface area contributed by atoms with E-state index in [1.807, 2.05) is 0 Å². The molecule has 1 unspecified atom stereocenters. The Bertz CT molecular complexity index is 850. The fraction of sp³-hybridized carbons (Fsp3) is 0.263. The molecule has 2 aromatic carbocycles. The van der Waals surface area contributed by atoms with Crippen LogP contribution in [0.1, 0.15) is 22.6 Å². The summed E-state index contributed by atoms with van der Waals surface area (Å²) in [5.41, 5.74) is 0.560. The second kappa shape index (κ2) is 7.40. The molecule has 3 rings (SSSR count). The van der Waals surface area contributed by atoms with Gasteiger partial charge in [-0.25, -0.2) is 0 Å². The molecule has 0 saturated carbocycles. The van der Waals surface area contributed by atoms with Gasteiger partial charge in [0.1, 0.15) is 5.92 Å². The quantitative estimate of drug-likeness (QED) is 0.716. The highest BCUT2D eigenvalue weighted by Gasteiger charge is 2.41. The number of alkyl halides is 3. The Kier molecular flexibility index (Phi) is 5.18. The van der Waals surface area contributed by atoms with Crippen LogP contribution in [0.2, 0.25) is 0 Å². The van der Waals surface area contributed by atoms with Crippen molar-refractivity contribution in [2.24, 2.45) is 5.92 Å². The molecule has 1 aliphatic heterocycles. The first-order valence-corrected chi connectivity index (χ1v) is 8.25. The van der Waals surface area contributed by atoms with Crippen molar-refractivity contribution in [2.45, 2.75) is 18.7 Å². The van der Waals surface area contributed by atoms with Gasteiger partial charge in [0.2, 0.25) is 11.8 Å². The lowest BCUT2D eigenvalue weighted by molar-refractivity contribution is -0.137. The molecule has 2 aromatic rings. The van der Waals surface area contributed by atoms with Crippen LogP contribution in [0.4, 0.5) is 18.9 Å². The van der Waals surface area contributed by atoms with Crippen LogP contribution >= 0.6 is 0 Å². The zero-order valence-corrected chi connectivity index (χ0v) is 14.1. The van der Waals surface area contributed by atoms with Crippen molar-refractivity contribution >= 4 is 17.5 Å². The third kappa shape index (κ3) is 3.95. The first-order valence-electron chi connectivity index (χ1n) is 8.25. The van der Waals surface area contributed by atoms with Gasteiger partial charge >= 0.3 is 6.18 Å². The topological polar surface area (TPSA) is 78.4 Å². The Morgan fingerprint density at radius 2 is 1.81 bits per heavy atom. The van der Waals surface area contributed by atoms with Crippen LogP contribution in [0.15, 0.2) is 48.5 Å². The van der Waals surface area contributed by atoms with Gasteiger partial charge in [-0.3, -0.25) is 9.59 Å². The molecule has 0 radical (unpaired) electrons. The van der Waals surface area contributed by atoms with Crippen molar-refractivity contribution in [3.05, 3.63) is 65.2 Å². The molecule has 142 valence electrons. The summed E-state index contributed by atoms with van der Waals surface area (Å²) < 4.78 is 38.2. The molecular formula is C19H17F3N2O3. The second-order valence-electron chi connectivity index (χ2n) is 6.25. The Morgan fingerprint density at radius 1 is 1.15 bits per heavy atom. The summed E-state index contributed by atoms with van der Waals surface area (Å²) >= 11 is 0. The summed E-state index contributed by atoms with van der Waals surface area (Å²) in [5.74, 6) is -2.72. The number of hydrogen-bond acceptors (Lipinski definition) is 3. The lowest BCUT2D eigenvalue weighted by Crippen LogP contribution is -2.32. The number of para-hydroxylation sites is 1. The van der Waals surface area contributed by atoms with Gasteiger partial charge in [0, 0.05) is 23.7 Å². The monoisotopic (exact) mass is 378 g/mol. The molecule has 1 fully saturated rings. The van der Waals surface area contributed by atoms with Crippen LogP contribution in [-0.2, 0) is 22.4 Å². The number of carbonyl (C=O) groups is 2. The number of benzene rings is 2. The summed E-state index contributed by atoms with van der Waals surface area (Å²) in [4.78, 5) is 24.8. The molecule has 2 amide bonds. The molecule has 0 aliphatic carbocycles. The average Bonchev–Trinajstić information content (AvgIpc) is 3.03. The molecule has 0 aromatic heterocycles. The number of aliphatic hydroxyl groups excluding tert-OH is 1. The van der Waals surface area contributed by atoms with Crippen LogP contribution in [0.5, 0.6) is 0 Å². The van der Waals surface area contributed by atoms with Gasteiger partial charge in [-0.1, -0.05) is 30.3 Å². The molecule has 1 heterocycles. The maximum absolute atomic E-state index is 12.7. The van der Waals surface area contributed by atoms with Crippen LogP contribution < -0.4 is 10.6 Å². The minimum absolute atomic E-state index is 0.157. The van der Waals surface area contributed by atoms with Gasteiger partial charge in [0.15, 0.2) is 0 Å². The third-order valence-electron chi connectivity index (χ3n) is 4.58. The smallest absolute Gasteiger partial charge is 0.392 e. The van der Waals surface area contributed by atoms with E-state index in [0.29, 0.717) is 16.8 Å². The molecule has 0 bridgehead atoms. The molecule has 5 nitrogen and oxygen atoms in total. The van der Waals surface area contributed by atoms with E-state index in [-0.39, 0.29) is 13.2 Å². The van der Waals surface area contributed by atoms with E-state index >= 15 is 0 Å². The predicted octanol–water partition coefficient (Wildman–Crippen LogP) is 2.67. The minimum atomic E-state index is -4.45. The summed E-state index contributed by atoms with van der Waals surface area (Å²) in [6.45, 7) is -0.125. The summed E-state index contributed by atoms with van der Waals surface area (Å²) in [6, 6.07) is 11.1. The molecular weight excluding hydrogens is 361 g/mol. The Morgan fingerprint density at radius 3 is 2.44 bits per heavy atom. The first kappa shape index (κ1) is 18.9. The van der Waals surface area contributed by atoms with Gasteiger partial charge in [-0.15, -0.1) is 0 Å². The average molecular weight is 378 g/mol. The normalized spacial score (nSPS) is 19.6. The van der Waals surface area contributed by atoms with E-state index in [4.69, 9.17) is 0 Å². The maximum Gasteiger partial charge on any atom is 0.416 e. The van der Waals surface area contributed by atoms with E-state index in [0.717, 1.165) is 12.1 Å². The van der Waals surface area contributed by atoms with Crippen molar-refractivity contribution in [2.75, 3.05) is 11.9 Å². The van der Waals surface area contributed by atoms with Crippen LogP contribution in [0, 0.1) is 5.92 Å². The lowest BCUT2D eigenvalue weighted by atomic mass is 9.87. The molecule has 2 atom stereocenters. The Hall–Kier alpha value is -2.87. The highest BCUT2D eigenvalue weighted by molar-refractivity contribution is 6.08. The molecule has 27 heavy (non-hydrogen) atoms.